The molecule has 1 atom stereocenters. The normalized spacial score (nSPS) is 20.1. The van der Waals surface area contributed by atoms with Gasteiger partial charge in [0.1, 0.15) is 11.6 Å². The van der Waals surface area contributed by atoms with Crippen LogP contribution in [0.2, 0.25) is 0 Å². The summed E-state index contributed by atoms with van der Waals surface area (Å²) in [5.41, 5.74) is 0.694. The molecule has 0 spiro atoms. The molecule has 0 amide bonds. The maximum atomic E-state index is 13.8. The molecule has 88 valence electrons. The third kappa shape index (κ3) is 2.55. The third-order valence-corrected chi connectivity index (χ3v) is 3.45. The van der Waals surface area contributed by atoms with E-state index in [1.165, 1.54) is 6.07 Å². The Labute approximate surface area is 103 Å². The van der Waals surface area contributed by atoms with E-state index in [-0.39, 0.29) is 5.82 Å². The molecule has 0 bridgehead atoms. The number of hydrogen-bond acceptors (Lipinski definition) is 2. The van der Waals surface area contributed by atoms with Crippen molar-refractivity contribution in [2.75, 3.05) is 20.2 Å². The van der Waals surface area contributed by atoms with E-state index in [1.807, 2.05) is 6.07 Å². The fraction of sp³-hybridized carbons (Fsp3) is 0.500. The van der Waals surface area contributed by atoms with E-state index >= 15 is 0 Å². The van der Waals surface area contributed by atoms with Crippen molar-refractivity contribution in [3.8, 4) is 5.75 Å². The molecular weight excluding hydrogens is 273 g/mol. The molecular formula is C12H15BrFNO. The first-order valence-electron chi connectivity index (χ1n) is 5.43. The predicted molar refractivity (Wildman–Crippen MR) is 65.3 cm³/mol. The molecule has 1 aromatic rings. The van der Waals surface area contributed by atoms with E-state index in [0.29, 0.717) is 17.2 Å². The molecule has 0 saturated carbocycles. The van der Waals surface area contributed by atoms with Gasteiger partial charge < -0.3 is 10.1 Å². The highest BCUT2D eigenvalue weighted by atomic mass is 79.9. The largest absolute Gasteiger partial charge is 0.496 e. The number of halogens is 2. The lowest BCUT2D eigenvalue weighted by Crippen LogP contribution is -2.12. The van der Waals surface area contributed by atoms with Crippen LogP contribution in [-0.4, -0.2) is 20.2 Å². The van der Waals surface area contributed by atoms with Gasteiger partial charge in [-0.15, -0.1) is 0 Å². The van der Waals surface area contributed by atoms with Crippen LogP contribution in [-0.2, 0) is 6.42 Å². The highest BCUT2D eigenvalue weighted by molar-refractivity contribution is 9.10. The SMILES string of the molecule is COc1cc(Br)cc(F)c1CC1CCNC1. The maximum absolute atomic E-state index is 13.8. The molecule has 0 aromatic heterocycles. The number of benzene rings is 1. The van der Waals surface area contributed by atoms with Crippen molar-refractivity contribution in [3.05, 3.63) is 28.0 Å². The Bertz CT molecular complexity index is 378. The average molecular weight is 288 g/mol. The van der Waals surface area contributed by atoms with Crippen molar-refractivity contribution < 1.29 is 9.13 Å². The van der Waals surface area contributed by atoms with Crippen LogP contribution < -0.4 is 10.1 Å². The van der Waals surface area contributed by atoms with Crippen LogP contribution in [0.1, 0.15) is 12.0 Å². The maximum Gasteiger partial charge on any atom is 0.131 e. The standard InChI is InChI=1S/C12H15BrFNO/c1-16-12-6-9(13)5-11(14)10(12)4-8-2-3-15-7-8/h5-6,8,15H,2-4,7H2,1H3. The summed E-state index contributed by atoms with van der Waals surface area (Å²) in [7, 11) is 1.58. The van der Waals surface area contributed by atoms with Gasteiger partial charge in [-0.3, -0.25) is 0 Å². The van der Waals surface area contributed by atoms with Crippen molar-refractivity contribution in [2.24, 2.45) is 5.92 Å². The molecule has 1 fully saturated rings. The van der Waals surface area contributed by atoms with E-state index in [2.05, 4.69) is 21.2 Å². The second-order valence-electron chi connectivity index (χ2n) is 4.13. The summed E-state index contributed by atoms with van der Waals surface area (Å²) in [6, 6.07) is 3.32. The lowest BCUT2D eigenvalue weighted by molar-refractivity contribution is 0.398. The van der Waals surface area contributed by atoms with Crippen molar-refractivity contribution in [3.63, 3.8) is 0 Å². The van der Waals surface area contributed by atoms with Gasteiger partial charge in [-0.25, -0.2) is 4.39 Å². The molecule has 1 heterocycles. The molecule has 16 heavy (non-hydrogen) atoms. The smallest absolute Gasteiger partial charge is 0.131 e. The Morgan fingerprint density at radius 2 is 2.38 bits per heavy atom. The molecule has 4 heteroatoms. The number of hydrogen-bond donors (Lipinski definition) is 1. The summed E-state index contributed by atoms with van der Waals surface area (Å²) in [5.74, 6) is 0.974. The first-order valence-corrected chi connectivity index (χ1v) is 6.22. The van der Waals surface area contributed by atoms with Crippen molar-refractivity contribution in [2.45, 2.75) is 12.8 Å². The zero-order chi connectivity index (χ0) is 11.5. The third-order valence-electron chi connectivity index (χ3n) is 2.99. The van der Waals surface area contributed by atoms with E-state index in [1.54, 1.807) is 7.11 Å². The van der Waals surface area contributed by atoms with Crippen molar-refractivity contribution in [1.82, 2.24) is 5.32 Å². The molecule has 1 aromatic carbocycles. The van der Waals surface area contributed by atoms with E-state index in [4.69, 9.17) is 4.74 Å². The van der Waals surface area contributed by atoms with Crippen LogP contribution in [0.5, 0.6) is 5.75 Å². The van der Waals surface area contributed by atoms with Crippen LogP contribution in [0.4, 0.5) is 4.39 Å². The minimum atomic E-state index is -0.182. The van der Waals surface area contributed by atoms with E-state index < -0.39 is 0 Å². The number of rotatable bonds is 3. The van der Waals surface area contributed by atoms with Gasteiger partial charge in [0.2, 0.25) is 0 Å². The topological polar surface area (TPSA) is 21.3 Å². The van der Waals surface area contributed by atoms with Gasteiger partial charge in [0.25, 0.3) is 0 Å². The highest BCUT2D eigenvalue weighted by Crippen LogP contribution is 2.29. The monoisotopic (exact) mass is 287 g/mol. The van der Waals surface area contributed by atoms with Crippen LogP contribution in [0.25, 0.3) is 0 Å². The summed E-state index contributed by atoms with van der Waals surface area (Å²) in [6.45, 7) is 2.00. The first-order chi connectivity index (χ1) is 7.70. The van der Waals surface area contributed by atoms with Crippen LogP contribution in [0.15, 0.2) is 16.6 Å². The second-order valence-corrected chi connectivity index (χ2v) is 5.05. The van der Waals surface area contributed by atoms with Gasteiger partial charge in [-0.05, 0) is 44.0 Å². The average Bonchev–Trinajstić information content (AvgIpc) is 2.74. The molecule has 2 nitrogen and oxygen atoms in total. The number of ether oxygens (including phenoxy) is 1. The molecule has 1 aliphatic heterocycles. The zero-order valence-electron chi connectivity index (χ0n) is 9.22. The van der Waals surface area contributed by atoms with Crippen LogP contribution in [0.3, 0.4) is 0 Å². The van der Waals surface area contributed by atoms with Crippen LogP contribution in [0, 0.1) is 11.7 Å². The fourth-order valence-corrected chi connectivity index (χ4v) is 2.55. The highest BCUT2D eigenvalue weighted by Gasteiger charge is 2.19. The van der Waals surface area contributed by atoms with Gasteiger partial charge in [0.05, 0.1) is 7.11 Å². The molecule has 1 unspecified atom stereocenters. The molecule has 0 aliphatic carbocycles. The Morgan fingerprint density at radius 3 is 3.00 bits per heavy atom. The fourth-order valence-electron chi connectivity index (χ4n) is 2.14. The first kappa shape index (κ1) is 11.9. The molecule has 1 aliphatic rings. The lowest BCUT2D eigenvalue weighted by atomic mass is 9.97. The van der Waals surface area contributed by atoms with Crippen molar-refractivity contribution >= 4 is 15.9 Å². The predicted octanol–water partition coefficient (Wildman–Crippen LogP) is 2.75. The molecule has 1 saturated heterocycles. The van der Waals surface area contributed by atoms with Gasteiger partial charge >= 0.3 is 0 Å². The second kappa shape index (κ2) is 5.15. The van der Waals surface area contributed by atoms with Crippen molar-refractivity contribution in [1.29, 1.82) is 0 Å². The summed E-state index contributed by atoms with van der Waals surface area (Å²) in [6.07, 6.45) is 1.86. The Hall–Kier alpha value is -0.610. The zero-order valence-corrected chi connectivity index (χ0v) is 10.8. The minimum absolute atomic E-state index is 0.182. The Kier molecular flexibility index (Phi) is 3.82. The summed E-state index contributed by atoms with van der Waals surface area (Å²) in [5, 5.41) is 3.29. The van der Waals surface area contributed by atoms with Gasteiger partial charge in [0, 0.05) is 10.0 Å². The molecule has 2 rings (SSSR count). The summed E-state index contributed by atoms with van der Waals surface area (Å²) in [4.78, 5) is 0. The van der Waals surface area contributed by atoms with Gasteiger partial charge in [-0.1, -0.05) is 15.9 Å². The van der Waals surface area contributed by atoms with E-state index in [0.717, 1.165) is 30.4 Å². The van der Waals surface area contributed by atoms with Gasteiger partial charge in [-0.2, -0.15) is 0 Å². The lowest BCUT2D eigenvalue weighted by Gasteiger charge is -2.13. The van der Waals surface area contributed by atoms with E-state index in [9.17, 15) is 4.39 Å². The van der Waals surface area contributed by atoms with Crippen LogP contribution >= 0.6 is 15.9 Å². The molecule has 1 N–H and O–H groups in total. The quantitative estimate of drug-likeness (QED) is 0.923. The Balaban J connectivity index is 2.23. The Morgan fingerprint density at radius 1 is 1.56 bits per heavy atom. The number of methoxy groups -OCH3 is 1. The van der Waals surface area contributed by atoms with Gasteiger partial charge in [0.15, 0.2) is 0 Å². The number of nitrogens with one attached hydrogen (secondary N) is 1. The summed E-state index contributed by atoms with van der Waals surface area (Å²) < 4.78 is 19.8. The molecule has 0 radical (unpaired) electrons. The summed E-state index contributed by atoms with van der Waals surface area (Å²) >= 11 is 3.27. The minimum Gasteiger partial charge on any atom is -0.496 e.